The molecule has 8 heteroatoms. The third-order valence-corrected chi connectivity index (χ3v) is 4.99. The molecule has 0 aliphatic carbocycles. The van der Waals surface area contributed by atoms with Gasteiger partial charge < -0.3 is 25.2 Å². The third-order valence-electron chi connectivity index (χ3n) is 3.86. The maximum atomic E-state index is 10.6. The molecule has 0 fully saturated rings. The highest BCUT2D eigenvalue weighted by molar-refractivity contribution is 14.0. The fourth-order valence-corrected chi connectivity index (χ4v) is 3.18. The summed E-state index contributed by atoms with van der Waals surface area (Å²) in [6, 6.07) is 11.4. The number of methoxy groups -OCH3 is 1. The minimum atomic E-state index is -0.966. The van der Waals surface area contributed by atoms with Crippen LogP contribution in [0.4, 0.5) is 0 Å². The van der Waals surface area contributed by atoms with E-state index < -0.39 is 5.60 Å². The monoisotopic (exact) mass is 519 g/mol. The van der Waals surface area contributed by atoms with Gasteiger partial charge in [0.25, 0.3) is 0 Å². The highest BCUT2D eigenvalue weighted by Crippen LogP contribution is 2.25. The zero-order valence-corrected chi connectivity index (χ0v) is 19.8. The van der Waals surface area contributed by atoms with Crippen molar-refractivity contribution in [1.82, 2.24) is 10.6 Å². The van der Waals surface area contributed by atoms with Crippen molar-refractivity contribution in [3.63, 3.8) is 0 Å². The van der Waals surface area contributed by atoms with Crippen LogP contribution in [-0.2, 0) is 5.60 Å². The number of hydrogen-bond donors (Lipinski definition) is 3. The Morgan fingerprint density at radius 3 is 2.68 bits per heavy atom. The molecular weight excluding hydrogens is 489 g/mol. The number of nitrogens with zero attached hydrogens (tertiary/aromatic N) is 1. The first-order valence-corrected chi connectivity index (χ1v) is 9.98. The van der Waals surface area contributed by atoms with Gasteiger partial charge in [0.05, 0.1) is 20.3 Å². The first-order valence-electron chi connectivity index (χ1n) is 9.10. The molecule has 0 saturated heterocycles. The van der Waals surface area contributed by atoms with E-state index in [0.717, 1.165) is 35.9 Å². The minimum Gasteiger partial charge on any atom is -0.497 e. The molecule has 0 aliphatic heterocycles. The molecule has 1 atom stereocenters. The Morgan fingerprint density at radius 2 is 2.00 bits per heavy atom. The van der Waals surface area contributed by atoms with E-state index in [2.05, 4.69) is 15.6 Å². The highest BCUT2D eigenvalue weighted by Gasteiger charge is 2.23. The fraction of sp³-hybridized carbons (Fsp3) is 0.450. The van der Waals surface area contributed by atoms with Crippen LogP contribution < -0.4 is 20.1 Å². The van der Waals surface area contributed by atoms with Crippen molar-refractivity contribution >= 4 is 41.3 Å². The van der Waals surface area contributed by atoms with E-state index in [9.17, 15) is 5.11 Å². The van der Waals surface area contributed by atoms with Crippen molar-refractivity contribution in [2.24, 2.45) is 4.99 Å². The molecule has 28 heavy (non-hydrogen) atoms. The summed E-state index contributed by atoms with van der Waals surface area (Å²) < 4.78 is 10.9. The van der Waals surface area contributed by atoms with Crippen LogP contribution in [0.15, 0.2) is 46.8 Å². The maximum Gasteiger partial charge on any atom is 0.191 e. The number of aliphatic hydroxyl groups is 1. The van der Waals surface area contributed by atoms with Crippen LogP contribution in [0, 0.1) is 0 Å². The van der Waals surface area contributed by atoms with Crippen LogP contribution in [-0.4, -0.2) is 44.4 Å². The number of ether oxygens (including phenoxy) is 2. The Kier molecular flexibility index (Phi) is 11.2. The van der Waals surface area contributed by atoms with E-state index in [0.29, 0.717) is 19.1 Å². The topological polar surface area (TPSA) is 75.1 Å². The van der Waals surface area contributed by atoms with Gasteiger partial charge in [-0.2, -0.15) is 0 Å². The summed E-state index contributed by atoms with van der Waals surface area (Å²) in [6.45, 7) is 6.16. The maximum absolute atomic E-state index is 10.6. The molecule has 0 saturated carbocycles. The summed E-state index contributed by atoms with van der Waals surface area (Å²) in [6.07, 6.45) is 0.822. The highest BCUT2D eigenvalue weighted by atomic mass is 127. The van der Waals surface area contributed by atoms with Crippen molar-refractivity contribution in [3.8, 4) is 11.5 Å². The third kappa shape index (κ3) is 8.24. The lowest BCUT2D eigenvalue weighted by Gasteiger charge is -2.20. The van der Waals surface area contributed by atoms with Crippen molar-refractivity contribution in [2.75, 3.05) is 33.4 Å². The van der Waals surface area contributed by atoms with E-state index in [1.807, 2.05) is 48.7 Å². The Bertz CT molecular complexity index is 708. The average Bonchev–Trinajstić information content (AvgIpc) is 3.22. The molecule has 2 rings (SSSR count). The first-order chi connectivity index (χ1) is 13.0. The van der Waals surface area contributed by atoms with Gasteiger partial charge >= 0.3 is 0 Å². The van der Waals surface area contributed by atoms with Gasteiger partial charge in [0.15, 0.2) is 5.96 Å². The van der Waals surface area contributed by atoms with Crippen LogP contribution in [0.25, 0.3) is 0 Å². The standard InChI is InChI=1S/C20H29N3O3S.HI/c1-4-21-19(23-15-20(2,24)18-10-6-13-27-18)22-11-7-12-26-17-9-5-8-16(14-17)25-3;/h5-6,8-10,13-14,24H,4,7,11-12,15H2,1-3H3,(H2,21,22,23);1H. The van der Waals surface area contributed by atoms with Gasteiger partial charge in [-0.3, -0.25) is 0 Å². The quantitative estimate of drug-likeness (QED) is 0.194. The summed E-state index contributed by atoms with van der Waals surface area (Å²) in [7, 11) is 1.64. The minimum absolute atomic E-state index is 0. The van der Waals surface area contributed by atoms with Gasteiger partial charge in [-0.05, 0) is 43.8 Å². The molecule has 0 bridgehead atoms. The number of halogens is 1. The predicted molar refractivity (Wildman–Crippen MR) is 126 cm³/mol. The van der Waals surface area contributed by atoms with Gasteiger partial charge in [-0.1, -0.05) is 12.1 Å². The van der Waals surface area contributed by atoms with Crippen LogP contribution in [0.3, 0.4) is 0 Å². The van der Waals surface area contributed by atoms with Crippen molar-refractivity contribution in [1.29, 1.82) is 0 Å². The molecule has 6 nitrogen and oxygen atoms in total. The van der Waals surface area contributed by atoms with Gasteiger partial charge in [-0.25, -0.2) is 4.99 Å². The molecule has 0 amide bonds. The second kappa shape index (κ2) is 12.8. The van der Waals surface area contributed by atoms with E-state index in [1.165, 1.54) is 11.3 Å². The number of hydrogen-bond acceptors (Lipinski definition) is 5. The summed E-state index contributed by atoms with van der Waals surface area (Å²) >= 11 is 1.53. The van der Waals surface area contributed by atoms with Gasteiger partial charge in [0.2, 0.25) is 0 Å². The lowest BCUT2D eigenvalue weighted by molar-refractivity contribution is 0.0711. The molecule has 1 heterocycles. The number of benzene rings is 1. The SMILES string of the molecule is CCNC(=NCC(C)(O)c1cccs1)NCCCOc1cccc(OC)c1.I. The second-order valence-electron chi connectivity index (χ2n) is 6.25. The molecule has 1 aromatic carbocycles. The molecule has 156 valence electrons. The molecule has 1 aromatic heterocycles. The first kappa shape index (κ1) is 24.5. The van der Waals surface area contributed by atoms with Gasteiger partial charge in [-0.15, -0.1) is 35.3 Å². The van der Waals surface area contributed by atoms with E-state index in [1.54, 1.807) is 14.0 Å². The molecule has 1 unspecified atom stereocenters. The Hall–Kier alpha value is -1.52. The number of thiophene rings is 1. The summed E-state index contributed by atoms with van der Waals surface area (Å²) in [5.41, 5.74) is -0.966. The summed E-state index contributed by atoms with van der Waals surface area (Å²) in [5, 5.41) is 19.0. The Morgan fingerprint density at radius 1 is 1.21 bits per heavy atom. The van der Waals surface area contributed by atoms with Crippen LogP contribution in [0.5, 0.6) is 11.5 Å². The average molecular weight is 519 g/mol. The zero-order valence-electron chi connectivity index (χ0n) is 16.6. The van der Waals surface area contributed by atoms with Crippen molar-refractivity contribution < 1.29 is 14.6 Å². The largest absolute Gasteiger partial charge is 0.497 e. The Labute approximate surface area is 188 Å². The molecular formula is C20H30IN3O3S. The number of aliphatic imine (C=N–C) groups is 1. The number of guanidine groups is 1. The Balaban J connectivity index is 0.00000392. The van der Waals surface area contributed by atoms with Crippen LogP contribution >= 0.6 is 35.3 Å². The summed E-state index contributed by atoms with van der Waals surface area (Å²) in [4.78, 5) is 5.42. The number of rotatable bonds is 10. The van der Waals surface area contributed by atoms with E-state index in [-0.39, 0.29) is 24.0 Å². The lowest BCUT2D eigenvalue weighted by atomic mass is 10.1. The van der Waals surface area contributed by atoms with Gasteiger partial charge in [0.1, 0.15) is 17.1 Å². The van der Waals surface area contributed by atoms with Crippen molar-refractivity contribution in [2.45, 2.75) is 25.9 Å². The molecule has 0 radical (unpaired) electrons. The second-order valence-corrected chi connectivity index (χ2v) is 7.20. The van der Waals surface area contributed by atoms with Crippen LogP contribution in [0.1, 0.15) is 25.1 Å². The molecule has 2 aromatic rings. The van der Waals surface area contributed by atoms with E-state index >= 15 is 0 Å². The van der Waals surface area contributed by atoms with Gasteiger partial charge in [0, 0.05) is 24.0 Å². The number of nitrogens with one attached hydrogen (secondary N) is 2. The van der Waals surface area contributed by atoms with E-state index in [4.69, 9.17) is 9.47 Å². The van der Waals surface area contributed by atoms with Crippen LogP contribution in [0.2, 0.25) is 0 Å². The molecule has 3 N–H and O–H groups in total. The lowest BCUT2D eigenvalue weighted by Crippen LogP contribution is -2.39. The smallest absolute Gasteiger partial charge is 0.191 e. The zero-order chi connectivity index (χ0) is 19.5. The summed E-state index contributed by atoms with van der Waals surface area (Å²) in [5.74, 6) is 2.27. The molecule has 0 aliphatic rings. The molecule has 0 spiro atoms. The predicted octanol–water partition coefficient (Wildman–Crippen LogP) is 3.61. The fourth-order valence-electron chi connectivity index (χ4n) is 2.40. The normalized spacial score (nSPS) is 13.2. The van der Waals surface area contributed by atoms with Crippen molar-refractivity contribution in [3.05, 3.63) is 46.7 Å².